The fourth-order valence-corrected chi connectivity index (χ4v) is 7.06. The van der Waals surface area contributed by atoms with Gasteiger partial charge < -0.3 is 19.5 Å². The summed E-state index contributed by atoms with van der Waals surface area (Å²) in [5, 5.41) is 4.07. The molecule has 11 nitrogen and oxygen atoms in total. The van der Waals surface area contributed by atoms with Gasteiger partial charge in [0.05, 0.1) is 25.3 Å². The van der Waals surface area contributed by atoms with Crippen molar-refractivity contribution in [3.63, 3.8) is 0 Å². The smallest absolute Gasteiger partial charge is 0.332 e. The molecule has 4 heterocycles. The number of carbonyl (C=O) groups excluding carboxylic acids is 2. The van der Waals surface area contributed by atoms with Crippen molar-refractivity contribution in [2.75, 3.05) is 19.5 Å². The van der Waals surface area contributed by atoms with Crippen LogP contribution in [-0.2, 0) is 18.9 Å². The minimum Gasteiger partial charge on any atom is -0.496 e. The Morgan fingerprint density at radius 1 is 1.02 bits per heavy atom. The van der Waals surface area contributed by atoms with Gasteiger partial charge in [0.25, 0.3) is 5.56 Å². The van der Waals surface area contributed by atoms with Gasteiger partial charge in [0.2, 0.25) is 17.2 Å². The highest BCUT2D eigenvalue weighted by atomic mass is 35.5. The minimum atomic E-state index is -1.98. The number of Topliss-reactive ketones (excluding diaryl/α,β-unsaturated/α-hetero) is 2. The van der Waals surface area contributed by atoms with Crippen molar-refractivity contribution in [1.82, 2.24) is 14.1 Å². The third-order valence-corrected chi connectivity index (χ3v) is 9.39. The zero-order chi connectivity index (χ0) is 31.2. The summed E-state index contributed by atoms with van der Waals surface area (Å²) >= 11 is 6.63. The lowest BCUT2D eigenvalue weighted by Gasteiger charge is -2.42. The van der Waals surface area contributed by atoms with E-state index in [2.05, 4.69) is 10.3 Å². The summed E-state index contributed by atoms with van der Waals surface area (Å²) in [5.41, 5.74) is -0.738. The molecule has 0 saturated heterocycles. The normalized spacial score (nSPS) is 22.0. The molecule has 12 heteroatoms. The molecule has 0 fully saturated rings. The highest BCUT2D eigenvalue weighted by molar-refractivity contribution is 6.36. The number of carbonyl (C=O) groups is 2. The Hall–Kier alpha value is -4.90. The van der Waals surface area contributed by atoms with Crippen molar-refractivity contribution in [2.45, 2.75) is 24.9 Å². The third-order valence-electron chi connectivity index (χ3n) is 9.04. The lowest BCUT2D eigenvalue weighted by molar-refractivity contribution is -0.130. The molecular weight excluding hydrogens is 588 g/mol. The predicted octanol–water partition coefficient (Wildman–Crippen LogP) is 3.74. The maximum atomic E-state index is 15.0. The number of anilines is 1. The molecule has 2 aromatic carbocycles. The Bertz CT molecular complexity index is 2130. The van der Waals surface area contributed by atoms with Gasteiger partial charge in [-0.1, -0.05) is 30.7 Å². The summed E-state index contributed by atoms with van der Waals surface area (Å²) in [5.74, 6) is -2.10. The van der Waals surface area contributed by atoms with Gasteiger partial charge in [0, 0.05) is 54.9 Å². The number of hydrogen-bond acceptors (Lipinski definition) is 9. The lowest BCUT2D eigenvalue weighted by Crippen LogP contribution is -2.58. The molecule has 0 radical (unpaired) electrons. The molecule has 0 amide bonds. The number of ether oxygens (including phenoxy) is 3. The average molecular weight is 615 g/mol. The van der Waals surface area contributed by atoms with Crippen LogP contribution in [0.15, 0.2) is 63.5 Å². The second kappa shape index (κ2) is 9.55. The molecule has 3 aliphatic rings. The van der Waals surface area contributed by atoms with Crippen molar-refractivity contribution in [1.29, 1.82) is 0 Å². The Labute approximate surface area is 255 Å². The Balaban J connectivity index is 1.49. The SMILES string of the molecule is COc1cc(OC)c2c(c1Cl)O[C@@]1(C(=O)C3=C(C[C@H]1C)Nc1c(c(=O)n(C)c(=O)n1C)[C@H]3c1ccc3ncccc3c1)C2=O. The van der Waals surface area contributed by atoms with Gasteiger partial charge in [-0.2, -0.15) is 0 Å². The molecule has 0 unspecified atom stereocenters. The van der Waals surface area contributed by atoms with Crippen molar-refractivity contribution in [2.24, 2.45) is 20.0 Å². The van der Waals surface area contributed by atoms with Gasteiger partial charge in [0.1, 0.15) is 27.9 Å². The highest BCUT2D eigenvalue weighted by Gasteiger charge is 2.63. The molecule has 44 heavy (non-hydrogen) atoms. The van der Waals surface area contributed by atoms with E-state index in [9.17, 15) is 19.2 Å². The first-order valence-corrected chi connectivity index (χ1v) is 14.3. The molecule has 2 aliphatic heterocycles. The second-order valence-electron chi connectivity index (χ2n) is 11.3. The number of benzene rings is 2. The van der Waals surface area contributed by atoms with Gasteiger partial charge in [-0.3, -0.25) is 28.5 Å². The summed E-state index contributed by atoms with van der Waals surface area (Å²) < 4.78 is 19.6. The molecule has 0 saturated carbocycles. The lowest BCUT2D eigenvalue weighted by atomic mass is 9.66. The number of aromatic nitrogens is 3. The quantitative estimate of drug-likeness (QED) is 0.343. The van der Waals surface area contributed by atoms with Gasteiger partial charge in [0.15, 0.2) is 5.75 Å². The van der Waals surface area contributed by atoms with Crippen LogP contribution in [0, 0.1) is 5.92 Å². The van der Waals surface area contributed by atoms with Crippen molar-refractivity contribution in [3.05, 3.63) is 96.4 Å². The Morgan fingerprint density at radius 3 is 2.50 bits per heavy atom. The van der Waals surface area contributed by atoms with Crippen LogP contribution in [0.2, 0.25) is 5.02 Å². The van der Waals surface area contributed by atoms with Crippen LogP contribution in [0.4, 0.5) is 5.82 Å². The summed E-state index contributed by atoms with van der Waals surface area (Å²) in [7, 11) is 5.79. The number of ketones is 2. The minimum absolute atomic E-state index is 0.00734. The van der Waals surface area contributed by atoms with Crippen molar-refractivity contribution < 1.29 is 23.8 Å². The summed E-state index contributed by atoms with van der Waals surface area (Å²) in [6.45, 7) is 1.75. The van der Waals surface area contributed by atoms with Gasteiger partial charge >= 0.3 is 5.69 Å². The maximum absolute atomic E-state index is 15.0. The molecule has 7 rings (SSSR count). The number of fused-ring (bicyclic) bond motifs is 3. The number of rotatable bonds is 3. The van der Waals surface area contributed by atoms with Crippen LogP contribution in [-0.4, -0.2) is 45.5 Å². The first-order chi connectivity index (χ1) is 21.0. The number of methoxy groups -OCH3 is 2. The standard InChI is InChI=1S/C32H27ClN4O7/c1-14-11-18-22(27(38)32(14)28(39)23-19(42-4)13-20(43-5)25(33)26(23)44-32)21(16-8-9-17-15(12-16)7-6-10-34-17)24-29(35-18)36(2)31(41)37(3)30(24)40/h6-10,12-14,21,35H,11H2,1-5H3/t14-,21+,32+/m1/s1. The van der Waals surface area contributed by atoms with Crippen LogP contribution in [0.25, 0.3) is 10.9 Å². The van der Waals surface area contributed by atoms with Crippen LogP contribution >= 0.6 is 11.6 Å². The first kappa shape index (κ1) is 27.9. The van der Waals surface area contributed by atoms with Crippen LogP contribution in [0.3, 0.4) is 0 Å². The topological polar surface area (TPSA) is 131 Å². The van der Waals surface area contributed by atoms with Crippen molar-refractivity contribution in [3.8, 4) is 17.2 Å². The van der Waals surface area contributed by atoms with Crippen molar-refractivity contribution >= 4 is 39.9 Å². The van der Waals surface area contributed by atoms with Crippen LogP contribution < -0.4 is 30.8 Å². The number of allylic oxidation sites excluding steroid dienone is 1. The molecule has 224 valence electrons. The zero-order valence-corrected chi connectivity index (χ0v) is 25.2. The fourth-order valence-electron chi connectivity index (χ4n) is 6.80. The number of nitrogens with one attached hydrogen (secondary N) is 1. The van der Waals surface area contributed by atoms with Gasteiger partial charge in [-0.25, -0.2) is 4.79 Å². The van der Waals surface area contributed by atoms with E-state index >= 15 is 0 Å². The van der Waals surface area contributed by atoms with Crippen LogP contribution in [0.5, 0.6) is 17.2 Å². The molecule has 2 aromatic heterocycles. The molecule has 3 atom stereocenters. The molecule has 1 aliphatic carbocycles. The monoisotopic (exact) mass is 614 g/mol. The Kier molecular flexibility index (Phi) is 6.06. The van der Waals surface area contributed by atoms with Gasteiger partial charge in [-0.15, -0.1) is 0 Å². The largest absolute Gasteiger partial charge is 0.496 e. The summed E-state index contributed by atoms with van der Waals surface area (Å²) in [6.07, 6.45) is 1.88. The number of pyridine rings is 1. The summed E-state index contributed by atoms with van der Waals surface area (Å²) in [6, 6.07) is 10.7. The van der Waals surface area contributed by atoms with E-state index in [1.165, 1.54) is 31.9 Å². The molecule has 0 bridgehead atoms. The fraction of sp³-hybridized carbons (Fsp3) is 0.281. The number of nitrogens with zero attached hydrogens (tertiary/aromatic N) is 3. The van der Waals surface area contributed by atoms with E-state index in [0.717, 1.165) is 15.5 Å². The predicted molar refractivity (Wildman–Crippen MR) is 162 cm³/mol. The van der Waals surface area contributed by atoms with E-state index in [-0.39, 0.29) is 45.4 Å². The van der Waals surface area contributed by atoms with E-state index in [1.54, 1.807) is 32.3 Å². The van der Waals surface area contributed by atoms with E-state index < -0.39 is 40.3 Å². The average Bonchev–Trinajstić information content (AvgIpc) is 3.35. The Morgan fingerprint density at radius 2 is 1.77 bits per heavy atom. The van der Waals surface area contributed by atoms with Crippen LogP contribution in [0.1, 0.15) is 40.7 Å². The van der Waals surface area contributed by atoms with E-state index in [0.29, 0.717) is 17.1 Å². The third kappa shape index (κ3) is 3.47. The van der Waals surface area contributed by atoms with E-state index in [4.69, 9.17) is 25.8 Å². The molecule has 1 N–H and O–H groups in total. The highest BCUT2D eigenvalue weighted by Crippen LogP contribution is 2.56. The number of halogens is 1. The zero-order valence-electron chi connectivity index (χ0n) is 24.5. The second-order valence-corrected chi connectivity index (χ2v) is 11.7. The first-order valence-electron chi connectivity index (χ1n) is 13.9. The van der Waals surface area contributed by atoms with Gasteiger partial charge in [-0.05, 0) is 30.2 Å². The van der Waals surface area contributed by atoms with E-state index in [1.807, 2.05) is 18.2 Å². The maximum Gasteiger partial charge on any atom is 0.332 e. The molecular formula is C32H27ClN4O7. The summed E-state index contributed by atoms with van der Waals surface area (Å²) in [4.78, 5) is 60.6. The molecule has 4 aromatic rings. The molecule has 1 spiro atoms. The number of hydrogen-bond donors (Lipinski definition) is 1.